The van der Waals surface area contributed by atoms with Crippen molar-refractivity contribution in [2.45, 2.75) is 48.9 Å². The van der Waals surface area contributed by atoms with E-state index in [0.717, 1.165) is 0 Å². The normalized spacial score (nSPS) is 38.1. The maximum atomic E-state index is 13.6. The van der Waals surface area contributed by atoms with Crippen LogP contribution in [0.2, 0.25) is 0 Å². The molecule has 4 aliphatic heterocycles. The molecule has 0 aromatic rings. The topological polar surface area (TPSA) is 87.2 Å². The fraction of sp³-hybridized carbons (Fsp3) is 0.650. The summed E-state index contributed by atoms with van der Waals surface area (Å²) in [6.45, 7) is 6.06. The lowest BCUT2D eigenvalue weighted by atomic mass is 9.78. The Morgan fingerprint density at radius 3 is 2.68 bits per heavy atom. The van der Waals surface area contributed by atoms with Crippen LogP contribution < -0.4 is 0 Å². The minimum atomic E-state index is -0.836. The van der Waals surface area contributed by atoms with E-state index < -0.39 is 28.7 Å². The highest BCUT2D eigenvalue weighted by Gasteiger charge is 2.71. The maximum Gasteiger partial charge on any atom is 0.311 e. The quantitative estimate of drug-likeness (QED) is 0.545. The minimum absolute atomic E-state index is 0.0190. The van der Waals surface area contributed by atoms with Crippen molar-refractivity contribution in [3.63, 3.8) is 0 Å². The number of aliphatic hydroxyl groups excluding tert-OH is 1. The van der Waals surface area contributed by atoms with Crippen LogP contribution in [0.4, 0.5) is 0 Å². The fourth-order valence-electron chi connectivity index (χ4n) is 4.95. The van der Waals surface area contributed by atoms with Crippen LogP contribution in [0.5, 0.6) is 0 Å². The highest BCUT2D eigenvalue weighted by atomic mass is 32.2. The molecule has 1 spiro atoms. The van der Waals surface area contributed by atoms with Gasteiger partial charge in [-0.05, 0) is 20.8 Å². The second kappa shape index (κ2) is 6.91. The molecular weight excluding hydrogens is 380 g/mol. The number of aliphatic hydroxyl groups is 1. The zero-order chi connectivity index (χ0) is 20.2. The Hall–Kier alpha value is -1.80. The average molecular weight is 407 g/mol. The molecule has 0 aromatic carbocycles. The Morgan fingerprint density at radius 1 is 1.25 bits per heavy atom. The summed E-state index contributed by atoms with van der Waals surface area (Å²) >= 11 is 1.51. The molecule has 0 aromatic heterocycles. The van der Waals surface area contributed by atoms with Crippen LogP contribution in [-0.4, -0.2) is 80.6 Å². The molecule has 4 aliphatic rings. The zero-order valence-electron chi connectivity index (χ0n) is 16.3. The molecule has 0 saturated carbocycles. The predicted octanol–water partition coefficient (Wildman–Crippen LogP) is 0.584. The van der Waals surface area contributed by atoms with E-state index in [9.17, 15) is 19.5 Å². The molecule has 0 bridgehead atoms. The molecule has 0 radical (unpaired) electrons. The van der Waals surface area contributed by atoms with Gasteiger partial charge in [-0.2, -0.15) is 0 Å². The van der Waals surface area contributed by atoms with Gasteiger partial charge in [-0.1, -0.05) is 24.3 Å². The number of rotatable bonds is 3. The summed E-state index contributed by atoms with van der Waals surface area (Å²) in [5.41, 5.74) is 0. The molecule has 28 heavy (non-hydrogen) atoms. The van der Waals surface area contributed by atoms with Crippen molar-refractivity contribution in [3.8, 4) is 0 Å². The number of fused-ring (bicyclic) bond motifs is 2. The third kappa shape index (κ3) is 2.57. The van der Waals surface area contributed by atoms with Crippen molar-refractivity contribution >= 4 is 29.5 Å². The Kier molecular flexibility index (Phi) is 4.82. The second-order valence-electron chi connectivity index (χ2n) is 8.16. The number of likely N-dealkylation sites (tertiary alicyclic amines) is 1. The van der Waals surface area contributed by atoms with Crippen molar-refractivity contribution < 1.29 is 24.2 Å². The number of hydrogen-bond donors (Lipinski definition) is 1. The molecule has 1 N–H and O–H groups in total. The van der Waals surface area contributed by atoms with Gasteiger partial charge in [0.2, 0.25) is 11.8 Å². The smallest absolute Gasteiger partial charge is 0.311 e. The van der Waals surface area contributed by atoms with Crippen molar-refractivity contribution in [3.05, 3.63) is 24.3 Å². The summed E-state index contributed by atoms with van der Waals surface area (Å²) in [6.07, 6.45) is 7.65. The predicted molar refractivity (Wildman–Crippen MR) is 104 cm³/mol. The van der Waals surface area contributed by atoms with E-state index >= 15 is 0 Å². The number of hydrogen-bond acceptors (Lipinski definition) is 6. The molecule has 4 rings (SSSR count). The first kappa shape index (κ1) is 19.5. The molecule has 4 heterocycles. The van der Waals surface area contributed by atoms with E-state index in [0.29, 0.717) is 6.54 Å². The molecule has 0 aliphatic carbocycles. The van der Waals surface area contributed by atoms with Gasteiger partial charge in [0, 0.05) is 17.8 Å². The van der Waals surface area contributed by atoms with Gasteiger partial charge < -0.3 is 19.6 Å². The SMILES string of the molecule is CC(C)N1CC=C[C@]23S[C@H]4C=CCOC(=O)[C@H]4[C@H]2C(=O)N([C@H](C)CO)C3C1=O. The Labute approximate surface area is 168 Å². The molecule has 1 unspecified atom stereocenters. The standard InChI is InChI=1S/C20H26N2O5S/c1-11(2)21-8-5-7-20-15(14-13(28-20)6-4-9-27-19(14)26)17(24)22(12(3)10-23)16(20)18(21)25/h4-7,11-16,23H,8-10H2,1-3H3/t12-,13+,14-,15+,16?,20+/m1/s1. The lowest BCUT2D eigenvalue weighted by molar-refractivity contribution is -0.152. The highest BCUT2D eigenvalue weighted by Crippen LogP contribution is 2.61. The number of ether oxygens (including phenoxy) is 1. The summed E-state index contributed by atoms with van der Waals surface area (Å²) in [5, 5.41) is 9.57. The number of esters is 1. The van der Waals surface area contributed by atoms with Gasteiger partial charge in [-0.15, -0.1) is 11.8 Å². The van der Waals surface area contributed by atoms with Gasteiger partial charge in [0.05, 0.1) is 29.2 Å². The molecule has 2 fully saturated rings. The lowest BCUT2D eigenvalue weighted by Crippen LogP contribution is -2.57. The van der Waals surface area contributed by atoms with Gasteiger partial charge in [-0.25, -0.2) is 0 Å². The number of carbonyl (C=O) groups is 3. The molecule has 2 saturated heterocycles. The van der Waals surface area contributed by atoms with Crippen LogP contribution in [0.15, 0.2) is 24.3 Å². The van der Waals surface area contributed by atoms with Crippen LogP contribution in [-0.2, 0) is 19.1 Å². The third-order valence-corrected chi connectivity index (χ3v) is 7.99. The van der Waals surface area contributed by atoms with E-state index in [1.54, 1.807) is 11.8 Å². The minimum Gasteiger partial charge on any atom is -0.461 e. The molecule has 8 heteroatoms. The van der Waals surface area contributed by atoms with Crippen LogP contribution in [0, 0.1) is 11.8 Å². The number of nitrogens with zero attached hydrogens (tertiary/aromatic N) is 2. The number of carbonyl (C=O) groups excluding carboxylic acids is 3. The largest absolute Gasteiger partial charge is 0.461 e. The van der Waals surface area contributed by atoms with Crippen molar-refractivity contribution in [1.82, 2.24) is 9.80 Å². The average Bonchev–Trinajstić information content (AvgIpc) is 2.96. The molecule has 6 atom stereocenters. The summed E-state index contributed by atoms with van der Waals surface area (Å²) in [6, 6.07) is -1.28. The van der Waals surface area contributed by atoms with Gasteiger partial charge in [0.25, 0.3) is 0 Å². The summed E-state index contributed by atoms with van der Waals surface area (Å²) in [7, 11) is 0. The summed E-state index contributed by atoms with van der Waals surface area (Å²) in [5.74, 6) is -2.07. The first-order valence-corrected chi connectivity index (χ1v) is 10.6. The fourth-order valence-corrected chi connectivity index (χ4v) is 6.94. The lowest BCUT2D eigenvalue weighted by Gasteiger charge is -2.38. The van der Waals surface area contributed by atoms with Gasteiger partial charge in [0.15, 0.2) is 0 Å². The first-order chi connectivity index (χ1) is 13.3. The van der Waals surface area contributed by atoms with Crippen LogP contribution >= 0.6 is 11.8 Å². The van der Waals surface area contributed by atoms with Crippen LogP contribution in [0.1, 0.15) is 20.8 Å². The van der Waals surface area contributed by atoms with Gasteiger partial charge >= 0.3 is 5.97 Å². The number of cyclic esters (lactones) is 1. The summed E-state index contributed by atoms with van der Waals surface area (Å²) < 4.78 is 4.47. The summed E-state index contributed by atoms with van der Waals surface area (Å²) in [4.78, 5) is 43.2. The molecule has 7 nitrogen and oxygen atoms in total. The highest BCUT2D eigenvalue weighted by molar-refractivity contribution is 8.02. The van der Waals surface area contributed by atoms with E-state index in [1.165, 1.54) is 16.7 Å². The Morgan fingerprint density at radius 2 is 2.00 bits per heavy atom. The van der Waals surface area contributed by atoms with Crippen molar-refractivity contribution in [2.24, 2.45) is 11.8 Å². The zero-order valence-corrected chi connectivity index (χ0v) is 17.1. The monoisotopic (exact) mass is 406 g/mol. The number of amides is 2. The Balaban J connectivity index is 1.87. The van der Waals surface area contributed by atoms with E-state index in [2.05, 4.69) is 0 Å². The number of thioether (sulfide) groups is 1. The van der Waals surface area contributed by atoms with Crippen LogP contribution in [0.25, 0.3) is 0 Å². The second-order valence-corrected chi connectivity index (χ2v) is 9.65. The van der Waals surface area contributed by atoms with E-state index in [4.69, 9.17) is 4.74 Å². The maximum absolute atomic E-state index is 13.6. The van der Waals surface area contributed by atoms with Gasteiger partial charge in [-0.3, -0.25) is 14.4 Å². The van der Waals surface area contributed by atoms with Crippen molar-refractivity contribution in [2.75, 3.05) is 19.8 Å². The van der Waals surface area contributed by atoms with Crippen molar-refractivity contribution in [1.29, 1.82) is 0 Å². The first-order valence-electron chi connectivity index (χ1n) is 9.75. The third-order valence-electron chi connectivity index (χ3n) is 6.25. The van der Waals surface area contributed by atoms with Crippen LogP contribution in [0.3, 0.4) is 0 Å². The van der Waals surface area contributed by atoms with E-state index in [-0.39, 0.29) is 42.3 Å². The molecular formula is C20H26N2O5S. The van der Waals surface area contributed by atoms with Gasteiger partial charge in [0.1, 0.15) is 12.6 Å². The molecule has 2 amide bonds. The van der Waals surface area contributed by atoms with E-state index in [1.807, 2.05) is 38.2 Å². The Bertz CT molecular complexity index is 766. The molecule has 152 valence electrons.